The third-order valence-corrected chi connectivity index (χ3v) is 3.12. The van der Waals surface area contributed by atoms with Gasteiger partial charge in [0.1, 0.15) is 0 Å². The van der Waals surface area contributed by atoms with Crippen LogP contribution in [0, 0.1) is 6.92 Å². The van der Waals surface area contributed by atoms with E-state index < -0.39 is 6.10 Å². The van der Waals surface area contributed by atoms with E-state index in [-0.39, 0.29) is 6.04 Å². The third kappa shape index (κ3) is 7.01. The van der Waals surface area contributed by atoms with Crippen LogP contribution in [0.4, 0.5) is 0 Å². The highest BCUT2D eigenvalue weighted by Gasteiger charge is 2.08. The maximum absolute atomic E-state index is 9.82. The van der Waals surface area contributed by atoms with E-state index in [0.29, 0.717) is 33.0 Å². The van der Waals surface area contributed by atoms with Crippen molar-refractivity contribution in [2.75, 3.05) is 33.0 Å². The van der Waals surface area contributed by atoms with Crippen molar-refractivity contribution >= 4 is 0 Å². The van der Waals surface area contributed by atoms with Gasteiger partial charge in [-0.05, 0) is 26.3 Å². The second-order valence-electron chi connectivity index (χ2n) is 4.97. The zero-order chi connectivity index (χ0) is 14.8. The van der Waals surface area contributed by atoms with Gasteiger partial charge in [-0.2, -0.15) is 0 Å². The van der Waals surface area contributed by atoms with Crippen LogP contribution in [0.25, 0.3) is 0 Å². The van der Waals surface area contributed by atoms with E-state index >= 15 is 0 Å². The van der Waals surface area contributed by atoms with Gasteiger partial charge < -0.3 is 19.9 Å². The molecule has 0 aliphatic rings. The number of hydrogen-bond donors (Lipinski definition) is 2. The highest BCUT2D eigenvalue weighted by Crippen LogP contribution is 2.12. The molecule has 1 rings (SSSR count). The molecule has 0 aliphatic heterocycles. The van der Waals surface area contributed by atoms with Gasteiger partial charge in [0.25, 0.3) is 0 Å². The van der Waals surface area contributed by atoms with E-state index in [9.17, 15) is 5.11 Å². The SMILES string of the molecule is CCOCCOCC(O)CN[C@H](C)c1ccc(C)cc1. The van der Waals surface area contributed by atoms with Crippen LogP contribution in [-0.4, -0.2) is 44.2 Å². The molecule has 2 atom stereocenters. The van der Waals surface area contributed by atoms with Crippen LogP contribution >= 0.6 is 0 Å². The first-order valence-corrected chi connectivity index (χ1v) is 7.27. The molecule has 0 saturated carbocycles. The maximum Gasteiger partial charge on any atom is 0.0897 e. The lowest BCUT2D eigenvalue weighted by molar-refractivity contribution is 0.00586. The number of aliphatic hydroxyl groups is 1. The number of rotatable bonds is 10. The molecule has 1 aromatic rings. The predicted molar refractivity (Wildman–Crippen MR) is 80.9 cm³/mol. The number of nitrogens with one attached hydrogen (secondary N) is 1. The van der Waals surface area contributed by atoms with Crippen molar-refractivity contribution in [1.82, 2.24) is 5.32 Å². The van der Waals surface area contributed by atoms with Gasteiger partial charge in [0.05, 0.1) is 25.9 Å². The van der Waals surface area contributed by atoms with Crippen molar-refractivity contribution in [3.8, 4) is 0 Å². The van der Waals surface area contributed by atoms with Gasteiger partial charge in [0, 0.05) is 19.2 Å². The molecule has 4 heteroatoms. The van der Waals surface area contributed by atoms with Gasteiger partial charge >= 0.3 is 0 Å². The van der Waals surface area contributed by atoms with Crippen molar-refractivity contribution < 1.29 is 14.6 Å². The van der Waals surface area contributed by atoms with Crippen LogP contribution < -0.4 is 5.32 Å². The fraction of sp³-hybridized carbons (Fsp3) is 0.625. The first-order chi connectivity index (χ1) is 9.63. The van der Waals surface area contributed by atoms with E-state index in [1.165, 1.54) is 11.1 Å². The highest BCUT2D eigenvalue weighted by atomic mass is 16.5. The first-order valence-electron chi connectivity index (χ1n) is 7.27. The molecule has 0 spiro atoms. The van der Waals surface area contributed by atoms with Crippen LogP contribution in [-0.2, 0) is 9.47 Å². The fourth-order valence-electron chi connectivity index (χ4n) is 1.83. The number of benzene rings is 1. The summed E-state index contributed by atoms with van der Waals surface area (Å²) in [6.07, 6.45) is -0.496. The zero-order valence-electron chi connectivity index (χ0n) is 12.8. The minimum Gasteiger partial charge on any atom is -0.389 e. The second kappa shape index (κ2) is 9.88. The van der Waals surface area contributed by atoms with Crippen molar-refractivity contribution in [3.05, 3.63) is 35.4 Å². The van der Waals surface area contributed by atoms with Crippen LogP contribution in [0.5, 0.6) is 0 Å². The highest BCUT2D eigenvalue weighted by molar-refractivity contribution is 5.23. The lowest BCUT2D eigenvalue weighted by atomic mass is 10.1. The number of aliphatic hydroxyl groups excluding tert-OH is 1. The van der Waals surface area contributed by atoms with Gasteiger partial charge in [-0.25, -0.2) is 0 Å². The van der Waals surface area contributed by atoms with Gasteiger partial charge in [-0.3, -0.25) is 0 Å². The Bertz CT molecular complexity index is 353. The minimum atomic E-state index is -0.496. The summed E-state index contributed by atoms with van der Waals surface area (Å²) >= 11 is 0. The van der Waals surface area contributed by atoms with Gasteiger partial charge in [-0.1, -0.05) is 29.8 Å². The van der Waals surface area contributed by atoms with Crippen LogP contribution in [0.15, 0.2) is 24.3 Å². The van der Waals surface area contributed by atoms with Crippen LogP contribution in [0.2, 0.25) is 0 Å². The van der Waals surface area contributed by atoms with Crippen LogP contribution in [0.1, 0.15) is 31.0 Å². The molecular weight excluding hydrogens is 254 g/mol. The summed E-state index contributed by atoms with van der Waals surface area (Å²) in [5.41, 5.74) is 2.48. The molecule has 0 aliphatic carbocycles. The molecule has 0 saturated heterocycles. The smallest absolute Gasteiger partial charge is 0.0897 e. The molecule has 0 amide bonds. The largest absolute Gasteiger partial charge is 0.389 e. The molecule has 0 aromatic heterocycles. The zero-order valence-corrected chi connectivity index (χ0v) is 12.8. The molecule has 1 unspecified atom stereocenters. The van der Waals surface area contributed by atoms with E-state index in [1.807, 2.05) is 6.92 Å². The molecule has 20 heavy (non-hydrogen) atoms. The third-order valence-electron chi connectivity index (χ3n) is 3.12. The summed E-state index contributed by atoms with van der Waals surface area (Å²) in [5.74, 6) is 0. The quantitative estimate of drug-likeness (QED) is 0.645. The Balaban J connectivity index is 2.16. The van der Waals surface area contributed by atoms with Crippen molar-refractivity contribution in [1.29, 1.82) is 0 Å². The molecule has 2 N–H and O–H groups in total. The van der Waals surface area contributed by atoms with Gasteiger partial charge in [0.2, 0.25) is 0 Å². The minimum absolute atomic E-state index is 0.216. The first kappa shape index (κ1) is 17.1. The van der Waals surface area contributed by atoms with Crippen molar-refractivity contribution in [3.63, 3.8) is 0 Å². The Morgan fingerprint density at radius 3 is 2.45 bits per heavy atom. The Morgan fingerprint density at radius 1 is 1.15 bits per heavy atom. The standard InChI is InChI=1S/C16H27NO3/c1-4-19-9-10-20-12-16(18)11-17-14(3)15-7-5-13(2)6-8-15/h5-8,14,16-18H,4,9-12H2,1-3H3/t14-,16?/m1/s1. The summed E-state index contributed by atoms with van der Waals surface area (Å²) in [4.78, 5) is 0. The molecule has 1 aromatic carbocycles. The average molecular weight is 281 g/mol. The lowest BCUT2D eigenvalue weighted by Crippen LogP contribution is -2.32. The Hall–Kier alpha value is -0.940. The number of ether oxygens (including phenoxy) is 2. The van der Waals surface area contributed by atoms with E-state index in [0.717, 1.165) is 0 Å². The predicted octanol–water partition coefficient (Wildman–Crippen LogP) is 2.06. The van der Waals surface area contributed by atoms with Gasteiger partial charge in [-0.15, -0.1) is 0 Å². The van der Waals surface area contributed by atoms with E-state index in [4.69, 9.17) is 9.47 Å². The normalized spacial score (nSPS) is 14.2. The summed E-state index contributed by atoms with van der Waals surface area (Å²) in [5, 5.41) is 13.1. The van der Waals surface area contributed by atoms with E-state index in [1.54, 1.807) is 0 Å². The lowest BCUT2D eigenvalue weighted by Gasteiger charge is -2.18. The molecule has 0 heterocycles. The fourth-order valence-corrected chi connectivity index (χ4v) is 1.83. The molecule has 0 fully saturated rings. The molecule has 0 radical (unpaired) electrons. The molecular formula is C16H27NO3. The summed E-state index contributed by atoms with van der Waals surface area (Å²) < 4.78 is 10.5. The van der Waals surface area contributed by atoms with Gasteiger partial charge in [0.15, 0.2) is 0 Å². The van der Waals surface area contributed by atoms with Crippen molar-refractivity contribution in [2.45, 2.75) is 32.9 Å². The molecule has 0 bridgehead atoms. The van der Waals surface area contributed by atoms with Crippen molar-refractivity contribution in [2.24, 2.45) is 0 Å². The Labute approximate surface area is 122 Å². The summed E-state index contributed by atoms with van der Waals surface area (Å²) in [6, 6.07) is 8.63. The Morgan fingerprint density at radius 2 is 1.80 bits per heavy atom. The second-order valence-corrected chi connectivity index (χ2v) is 4.97. The molecule has 114 valence electrons. The number of hydrogen-bond acceptors (Lipinski definition) is 4. The Kier molecular flexibility index (Phi) is 8.46. The monoisotopic (exact) mass is 281 g/mol. The van der Waals surface area contributed by atoms with Crippen LogP contribution in [0.3, 0.4) is 0 Å². The summed E-state index contributed by atoms with van der Waals surface area (Å²) in [7, 11) is 0. The average Bonchev–Trinajstić information content (AvgIpc) is 2.45. The maximum atomic E-state index is 9.82. The topological polar surface area (TPSA) is 50.7 Å². The molecule has 4 nitrogen and oxygen atoms in total. The van der Waals surface area contributed by atoms with E-state index in [2.05, 4.69) is 43.4 Å². The summed E-state index contributed by atoms with van der Waals surface area (Å²) in [6.45, 7) is 8.77. The number of aryl methyl sites for hydroxylation is 1.